The fourth-order valence-electron chi connectivity index (χ4n) is 3.77. The highest BCUT2D eigenvalue weighted by molar-refractivity contribution is 7.99. The highest BCUT2D eigenvalue weighted by atomic mass is 35.5. The molecule has 1 aromatic carbocycles. The first kappa shape index (κ1) is 24.6. The molecule has 34 heavy (non-hydrogen) atoms. The molecule has 0 saturated carbocycles. The van der Waals surface area contributed by atoms with E-state index in [1.54, 1.807) is 11.8 Å². The second-order valence-corrected chi connectivity index (χ2v) is 9.39. The molecule has 1 unspecified atom stereocenters. The number of alkyl halides is 2. The van der Waals surface area contributed by atoms with Crippen LogP contribution in [-0.2, 0) is 6.42 Å². The maximum Gasteiger partial charge on any atom is 0.333 e. The van der Waals surface area contributed by atoms with Crippen molar-refractivity contribution in [2.24, 2.45) is 0 Å². The Balaban J connectivity index is 1.53. The molecule has 1 aliphatic rings. The highest BCUT2D eigenvalue weighted by Gasteiger charge is 2.20. The third-order valence-electron chi connectivity index (χ3n) is 5.31. The number of hydrogen-bond acceptors (Lipinski definition) is 8. The van der Waals surface area contributed by atoms with Crippen LogP contribution in [0, 0.1) is 0 Å². The highest BCUT2D eigenvalue weighted by Crippen LogP contribution is 2.29. The summed E-state index contributed by atoms with van der Waals surface area (Å²) in [5.41, 5.74) is 7.56. The maximum absolute atomic E-state index is 13.4. The Bertz CT molecular complexity index is 1100. The van der Waals surface area contributed by atoms with Gasteiger partial charge >= 0.3 is 6.55 Å². The van der Waals surface area contributed by atoms with Crippen molar-refractivity contribution in [3.8, 4) is 17.1 Å². The van der Waals surface area contributed by atoms with Crippen molar-refractivity contribution in [3.63, 3.8) is 0 Å². The Morgan fingerprint density at radius 1 is 1.26 bits per heavy atom. The number of aliphatic hydroxyl groups excluding tert-OH is 1. The zero-order valence-corrected chi connectivity index (χ0v) is 19.9. The average Bonchev–Trinajstić information content (AvgIpc) is 3.10. The van der Waals surface area contributed by atoms with Gasteiger partial charge in [0, 0.05) is 55.4 Å². The summed E-state index contributed by atoms with van der Waals surface area (Å²) in [6.45, 7) is -0.169. The summed E-state index contributed by atoms with van der Waals surface area (Å²) in [5.74, 6) is 2.31. The number of benzene rings is 1. The molecule has 1 atom stereocenters. The lowest BCUT2D eigenvalue weighted by molar-refractivity contribution is 0.0567. The quantitative estimate of drug-likeness (QED) is 0.445. The summed E-state index contributed by atoms with van der Waals surface area (Å²) in [6.07, 6.45) is 1.24. The second kappa shape index (κ2) is 11.3. The van der Waals surface area contributed by atoms with E-state index in [1.807, 2.05) is 24.3 Å². The smallest absolute Gasteiger partial charge is 0.333 e. The fraction of sp³-hybridized carbons (Fsp3) is 0.409. The van der Waals surface area contributed by atoms with Crippen LogP contribution in [0.1, 0.15) is 17.7 Å². The number of aliphatic hydroxyl groups is 1. The van der Waals surface area contributed by atoms with Crippen LogP contribution in [0.4, 0.5) is 14.7 Å². The lowest BCUT2D eigenvalue weighted by Gasteiger charge is -2.21. The minimum atomic E-state index is -2.81. The van der Waals surface area contributed by atoms with E-state index in [0.717, 1.165) is 23.6 Å². The van der Waals surface area contributed by atoms with E-state index in [1.165, 1.54) is 12.3 Å². The van der Waals surface area contributed by atoms with Gasteiger partial charge in [-0.05, 0) is 11.6 Å². The third-order valence-corrected chi connectivity index (χ3v) is 6.60. The predicted molar refractivity (Wildman–Crippen MR) is 128 cm³/mol. The molecule has 8 nitrogen and oxygen atoms in total. The Morgan fingerprint density at radius 2 is 2.09 bits per heavy atom. The molecule has 1 saturated heterocycles. The number of β-amino-alcohol motifs (C(OH)–C–C–N with tert-alkyl or cyclic N) is 1. The lowest BCUT2D eigenvalue weighted by Crippen LogP contribution is -2.35. The number of nitrogens with zero attached hydrogens (tertiary/aromatic N) is 5. The Labute approximate surface area is 205 Å². The summed E-state index contributed by atoms with van der Waals surface area (Å²) in [7, 11) is 0. The number of nitrogens with two attached hydrogens (primary N) is 1. The van der Waals surface area contributed by atoms with Crippen LogP contribution in [0.2, 0.25) is 5.15 Å². The van der Waals surface area contributed by atoms with E-state index in [0.29, 0.717) is 42.1 Å². The van der Waals surface area contributed by atoms with Crippen molar-refractivity contribution in [3.05, 3.63) is 52.8 Å². The van der Waals surface area contributed by atoms with Crippen LogP contribution >= 0.6 is 23.4 Å². The maximum atomic E-state index is 13.4. The number of aromatic nitrogens is 4. The number of thioether (sulfide) groups is 1. The summed E-state index contributed by atoms with van der Waals surface area (Å²) in [6, 6.07) is 8.89. The van der Waals surface area contributed by atoms with Gasteiger partial charge < -0.3 is 15.6 Å². The summed E-state index contributed by atoms with van der Waals surface area (Å²) >= 11 is 7.74. The Kier molecular flexibility index (Phi) is 8.19. The molecular formula is C22H25ClF2N6O2S. The van der Waals surface area contributed by atoms with Gasteiger partial charge in [-0.1, -0.05) is 29.8 Å². The summed E-state index contributed by atoms with van der Waals surface area (Å²) < 4.78 is 33.5. The zero-order chi connectivity index (χ0) is 24.1. The molecule has 182 valence electrons. The van der Waals surface area contributed by atoms with Gasteiger partial charge in [0.1, 0.15) is 23.2 Å². The molecule has 1 aliphatic heterocycles. The monoisotopic (exact) mass is 510 g/mol. The number of halogens is 3. The molecule has 3 aromatic rings. The van der Waals surface area contributed by atoms with Crippen molar-refractivity contribution in [2.45, 2.75) is 19.1 Å². The van der Waals surface area contributed by atoms with E-state index in [-0.39, 0.29) is 28.6 Å². The number of anilines is 1. The molecule has 4 rings (SSSR count). The molecular weight excluding hydrogens is 486 g/mol. The van der Waals surface area contributed by atoms with Crippen molar-refractivity contribution in [1.82, 2.24) is 24.6 Å². The van der Waals surface area contributed by atoms with Crippen LogP contribution in [0.5, 0.6) is 5.75 Å². The van der Waals surface area contributed by atoms with Gasteiger partial charge in [-0.3, -0.25) is 4.90 Å². The standard InChI is InChI=1S/C22H25ClF2N6O2S/c23-19-10-17(27-22(26)28-19)20-15(11-31(29-20)21(24)25)9-14-3-1-2-4-18(14)33-7-5-30-6-8-34-13-16(32)12-30/h1-4,10-11,16,21,32H,5-9,12-13H2,(H2,26,27,28). The molecule has 2 aromatic heterocycles. The molecule has 0 amide bonds. The van der Waals surface area contributed by atoms with E-state index < -0.39 is 6.55 Å². The first-order valence-electron chi connectivity index (χ1n) is 10.7. The fourth-order valence-corrected chi connectivity index (χ4v) is 4.89. The molecule has 3 heterocycles. The molecule has 0 aliphatic carbocycles. The van der Waals surface area contributed by atoms with E-state index in [9.17, 15) is 13.9 Å². The summed E-state index contributed by atoms with van der Waals surface area (Å²) in [5, 5.41) is 14.1. The van der Waals surface area contributed by atoms with Crippen molar-refractivity contribution in [2.75, 3.05) is 43.5 Å². The van der Waals surface area contributed by atoms with Crippen molar-refractivity contribution in [1.29, 1.82) is 0 Å². The average molecular weight is 511 g/mol. The van der Waals surface area contributed by atoms with Crippen molar-refractivity contribution < 1.29 is 18.6 Å². The second-order valence-electron chi connectivity index (χ2n) is 7.86. The van der Waals surface area contributed by atoms with Gasteiger partial charge in [-0.2, -0.15) is 25.6 Å². The van der Waals surface area contributed by atoms with Crippen LogP contribution in [0.25, 0.3) is 11.4 Å². The van der Waals surface area contributed by atoms with Crippen molar-refractivity contribution >= 4 is 29.3 Å². The van der Waals surface area contributed by atoms with Gasteiger partial charge in [0.2, 0.25) is 5.95 Å². The number of ether oxygens (including phenoxy) is 1. The Hall–Kier alpha value is -2.47. The number of nitrogen functional groups attached to an aromatic ring is 1. The van der Waals surface area contributed by atoms with E-state index in [4.69, 9.17) is 22.1 Å². The molecule has 0 spiro atoms. The van der Waals surface area contributed by atoms with E-state index >= 15 is 0 Å². The number of para-hydroxylation sites is 1. The molecule has 3 N–H and O–H groups in total. The molecule has 0 radical (unpaired) electrons. The largest absolute Gasteiger partial charge is 0.492 e. The molecule has 1 fully saturated rings. The SMILES string of the molecule is Nc1nc(Cl)cc(-c2nn(C(F)F)cc2Cc2ccccc2OCCN2CCSCC(O)C2)n1. The Morgan fingerprint density at radius 3 is 2.88 bits per heavy atom. The molecule has 12 heteroatoms. The zero-order valence-electron chi connectivity index (χ0n) is 18.3. The molecule has 0 bridgehead atoms. The minimum absolute atomic E-state index is 0.0687. The van der Waals surface area contributed by atoms with Gasteiger partial charge in [-0.15, -0.1) is 0 Å². The van der Waals surface area contributed by atoms with Crippen LogP contribution in [0.15, 0.2) is 36.5 Å². The van der Waals surface area contributed by atoms with Gasteiger partial charge in [0.05, 0.1) is 11.8 Å². The van der Waals surface area contributed by atoms with Crippen LogP contribution < -0.4 is 10.5 Å². The first-order chi connectivity index (χ1) is 16.4. The lowest BCUT2D eigenvalue weighted by atomic mass is 10.0. The third kappa shape index (κ3) is 6.35. The van der Waals surface area contributed by atoms with Gasteiger partial charge in [0.25, 0.3) is 0 Å². The van der Waals surface area contributed by atoms with E-state index in [2.05, 4.69) is 20.0 Å². The first-order valence-corrected chi connectivity index (χ1v) is 12.3. The predicted octanol–water partition coefficient (Wildman–Crippen LogP) is 3.35. The minimum Gasteiger partial charge on any atom is -0.492 e. The van der Waals surface area contributed by atoms with Crippen LogP contribution in [0.3, 0.4) is 0 Å². The topological polar surface area (TPSA) is 102 Å². The van der Waals surface area contributed by atoms with Gasteiger partial charge in [-0.25, -0.2) is 14.6 Å². The van der Waals surface area contributed by atoms with Gasteiger partial charge in [0.15, 0.2) is 0 Å². The number of rotatable bonds is 8. The summed E-state index contributed by atoms with van der Waals surface area (Å²) in [4.78, 5) is 10.1. The van der Waals surface area contributed by atoms with Crippen LogP contribution in [-0.4, -0.2) is 73.6 Å². The normalized spacial score (nSPS) is 17.1. The number of hydrogen-bond donors (Lipinski definition) is 2.